The van der Waals surface area contributed by atoms with Crippen LogP contribution in [0.2, 0.25) is 0 Å². The highest BCUT2D eigenvalue weighted by Gasteiger charge is 1.99. The molecule has 0 saturated carbocycles. The molecular weight excluding hydrogens is 80.0 g/mol. The molecule has 0 saturated heterocycles. The van der Waals surface area contributed by atoms with Crippen LogP contribution in [0.25, 0.3) is 0 Å². The molecule has 2 heteroatoms. The van der Waals surface area contributed by atoms with E-state index in [1.807, 2.05) is 0 Å². The van der Waals surface area contributed by atoms with Crippen molar-refractivity contribution < 1.29 is 21.2 Å². The summed E-state index contributed by atoms with van der Waals surface area (Å²) < 4.78 is 53.5. The molecule has 0 heterocycles. The van der Waals surface area contributed by atoms with Gasteiger partial charge in [-0.3, -0.25) is 0 Å². The van der Waals surface area contributed by atoms with Crippen molar-refractivity contribution in [2.45, 2.75) is 25.9 Å². The Labute approximate surface area is 48.7 Å². The molecule has 0 aromatic heterocycles. The van der Waals surface area contributed by atoms with Gasteiger partial charge in [-0.25, -0.2) is 0 Å². The maximum absolute atomic E-state index is 9.02. The van der Waals surface area contributed by atoms with Crippen LogP contribution in [0.3, 0.4) is 0 Å². The van der Waals surface area contributed by atoms with E-state index in [-0.39, 0.29) is 0 Å². The Morgan fingerprint density at radius 1 is 1.50 bits per heavy atom. The molecule has 2 atom stereocenters. The molecule has 0 aliphatic carbocycles. The molecule has 0 spiro atoms. The van der Waals surface area contributed by atoms with Crippen LogP contribution in [-0.4, -0.2) is 22.4 Å². The van der Waals surface area contributed by atoms with Crippen molar-refractivity contribution in [3.8, 4) is 0 Å². The van der Waals surface area contributed by atoms with Crippen molar-refractivity contribution in [3.63, 3.8) is 0 Å². The van der Waals surface area contributed by atoms with Crippen LogP contribution in [0, 0.1) is 0 Å². The number of aliphatic hydroxyl groups is 2. The zero-order valence-electron chi connectivity index (χ0n) is 10.9. The SMILES string of the molecule is [2H]C([2H])([2H])C([2H])(O)C([2H])(O)C([2H])([2H])[2H]. The summed E-state index contributed by atoms with van der Waals surface area (Å²) in [6.07, 6.45) is -7.55. The van der Waals surface area contributed by atoms with Crippen LogP contribution in [-0.2, 0) is 0 Å². The first kappa shape index (κ1) is 0.858. The predicted molar refractivity (Wildman–Crippen MR) is 23.4 cm³/mol. The van der Waals surface area contributed by atoms with Crippen molar-refractivity contribution in [2.75, 3.05) is 0 Å². The molecule has 6 heavy (non-hydrogen) atoms. The molecule has 38 valence electrons. The van der Waals surface area contributed by atoms with Gasteiger partial charge in [-0.1, -0.05) is 0 Å². The highest BCUT2D eigenvalue weighted by Crippen LogP contribution is 1.85. The first-order valence-corrected chi connectivity index (χ1v) is 1.20. The van der Waals surface area contributed by atoms with Crippen LogP contribution < -0.4 is 0 Å². The second-order valence-corrected chi connectivity index (χ2v) is 0.697. The number of hydrogen-bond donors (Lipinski definition) is 2. The molecule has 0 radical (unpaired) electrons. The van der Waals surface area contributed by atoms with Gasteiger partial charge in [0.15, 0.2) is 0 Å². The summed E-state index contributed by atoms with van der Waals surface area (Å²) in [6.45, 7) is -6.98. The van der Waals surface area contributed by atoms with E-state index in [2.05, 4.69) is 0 Å². The minimum Gasteiger partial charge on any atom is -0.391 e. The minimum absolute atomic E-state index is 3.49. The van der Waals surface area contributed by atoms with Crippen LogP contribution in [0.5, 0.6) is 0 Å². The zero-order chi connectivity index (χ0) is 12.0. The highest BCUT2D eigenvalue weighted by molar-refractivity contribution is 4.50. The van der Waals surface area contributed by atoms with Crippen molar-refractivity contribution >= 4 is 0 Å². The lowest BCUT2D eigenvalue weighted by Crippen LogP contribution is -2.17. The lowest BCUT2D eigenvalue weighted by molar-refractivity contribution is 0.0438. The van der Waals surface area contributed by atoms with Crippen LogP contribution in [0.15, 0.2) is 0 Å². The van der Waals surface area contributed by atoms with E-state index in [0.29, 0.717) is 0 Å². The van der Waals surface area contributed by atoms with Crippen LogP contribution in [0.4, 0.5) is 0 Å². The maximum atomic E-state index is 9.02. The smallest absolute Gasteiger partial charge is 0.0768 e. The van der Waals surface area contributed by atoms with Crippen molar-refractivity contribution in [3.05, 3.63) is 0 Å². The quantitative estimate of drug-likeness (QED) is 0.474. The van der Waals surface area contributed by atoms with E-state index in [9.17, 15) is 0 Å². The zero-order valence-corrected chi connectivity index (χ0v) is 2.89. The van der Waals surface area contributed by atoms with Gasteiger partial charge >= 0.3 is 0 Å². The van der Waals surface area contributed by atoms with Gasteiger partial charge in [-0.15, -0.1) is 0 Å². The van der Waals surface area contributed by atoms with Gasteiger partial charge in [0.1, 0.15) is 0 Å². The molecule has 0 aromatic carbocycles. The van der Waals surface area contributed by atoms with Gasteiger partial charge in [-0.05, 0) is 13.7 Å². The lowest BCUT2D eigenvalue weighted by atomic mass is 10.3. The molecule has 0 fully saturated rings. The fraction of sp³-hybridized carbons (Fsp3) is 1.00. The Morgan fingerprint density at radius 3 is 2.00 bits per heavy atom. The molecule has 2 unspecified atom stereocenters. The number of rotatable bonds is 1. The van der Waals surface area contributed by atoms with E-state index in [4.69, 9.17) is 21.2 Å². The van der Waals surface area contributed by atoms with Crippen molar-refractivity contribution in [1.29, 1.82) is 0 Å². The van der Waals surface area contributed by atoms with E-state index in [1.165, 1.54) is 0 Å². The molecule has 2 nitrogen and oxygen atoms in total. The largest absolute Gasteiger partial charge is 0.391 e. The Hall–Kier alpha value is -0.0800. The van der Waals surface area contributed by atoms with Crippen LogP contribution in [0.1, 0.15) is 24.7 Å². The standard InChI is InChI=1S/C4H10O2/c1-3(5)4(2)6/h3-6H,1-2H3/i1D3,2D3,3D,4D. The molecule has 2 N–H and O–H groups in total. The summed E-state index contributed by atoms with van der Waals surface area (Å²) in [7, 11) is 0. The average molecular weight is 98.2 g/mol. The first-order valence-electron chi connectivity index (χ1n) is 5.20. The van der Waals surface area contributed by atoms with Gasteiger partial charge in [0.2, 0.25) is 0 Å². The Morgan fingerprint density at radius 2 is 1.83 bits per heavy atom. The second kappa shape index (κ2) is 2.16. The topological polar surface area (TPSA) is 40.5 Å². The van der Waals surface area contributed by atoms with E-state index < -0.39 is 25.9 Å². The number of hydrogen-bond acceptors (Lipinski definition) is 2. The maximum Gasteiger partial charge on any atom is 0.0768 e. The lowest BCUT2D eigenvalue weighted by Gasteiger charge is -2.03. The summed E-state index contributed by atoms with van der Waals surface area (Å²) in [5.74, 6) is 0. The van der Waals surface area contributed by atoms with Crippen LogP contribution >= 0.6 is 0 Å². The predicted octanol–water partition coefficient (Wildman–Crippen LogP) is -0.252. The van der Waals surface area contributed by atoms with Gasteiger partial charge in [-0.2, -0.15) is 0 Å². The van der Waals surface area contributed by atoms with E-state index in [0.717, 1.165) is 0 Å². The minimum atomic E-state index is -3.77. The summed E-state index contributed by atoms with van der Waals surface area (Å²) in [5.41, 5.74) is 0. The molecule has 0 amide bonds. The molecule has 0 rings (SSSR count). The third-order valence-electron chi connectivity index (χ3n) is 0.224. The summed E-state index contributed by atoms with van der Waals surface area (Å²) in [6, 6.07) is 0. The van der Waals surface area contributed by atoms with E-state index >= 15 is 0 Å². The fourth-order valence-corrected chi connectivity index (χ4v) is 0. The summed E-state index contributed by atoms with van der Waals surface area (Å²) >= 11 is 0. The van der Waals surface area contributed by atoms with Crippen molar-refractivity contribution in [2.24, 2.45) is 0 Å². The highest BCUT2D eigenvalue weighted by atomic mass is 16.3. The average Bonchev–Trinajstić information content (AvgIpc) is 1.81. The van der Waals surface area contributed by atoms with Gasteiger partial charge in [0.25, 0.3) is 0 Å². The third-order valence-corrected chi connectivity index (χ3v) is 0.224. The fourth-order valence-electron chi connectivity index (χ4n) is 0. The monoisotopic (exact) mass is 98.1 g/mol. The summed E-state index contributed by atoms with van der Waals surface area (Å²) in [4.78, 5) is 0. The second-order valence-electron chi connectivity index (χ2n) is 0.697. The normalized spacial score (nSPS) is 54.3. The van der Waals surface area contributed by atoms with Gasteiger partial charge in [0.05, 0.1) is 14.9 Å². The molecule has 0 bridgehead atoms. The first-order chi connectivity index (χ1) is 5.75. The Balaban J connectivity index is 5.30. The molecular formula is C4H10O2. The van der Waals surface area contributed by atoms with Gasteiger partial charge in [0, 0.05) is 8.22 Å². The van der Waals surface area contributed by atoms with Gasteiger partial charge < -0.3 is 10.2 Å². The molecule has 0 aromatic rings. The molecule has 0 aliphatic heterocycles. The van der Waals surface area contributed by atoms with E-state index in [1.54, 1.807) is 0 Å². The third kappa shape index (κ3) is 2.18. The molecule has 0 aliphatic rings. The Bertz CT molecular complexity index is 188. The summed E-state index contributed by atoms with van der Waals surface area (Å²) in [5, 5.41) is 18.0. The Kier molecular flexibility index (Phi) is 0.309. The van der Waals surface area contributed by atoms with Crippen molar-refractivity contribution in [1.82, 2.24) is 0 Å².